The summed E-state index contributed by atoms with van der Waals surface area (Å²) < 4.78 is 15.4. The first-order valence-corrected chi connectivity index (χ1v) is 12.6. The number of nitrogens with zero attached hydrogens (tertiary/aromatic N) is 2. The van der Waals surface area contributed by atoms with Crippen LogP contribution in [0.15, 0.2) is 24.3 Å². The Morgan fingerprint density at radius 2 is 1.64 bits per heavy atom. The lowest BCUT2D eigenvalue weighted by atomic mass is 10.1. The minimum atomic E-state index is -0.525. The maximum absolute atomic E-state index is 12.5. The molecule has 2 amide bonds. The van der Waals surface area contributed by atoms with E-state index in [0.717, 1.165) is 25.4 Å². The number of carbonyl (C=O) groups excluding carboxylic acids is 4. The normalized spacial score (nSPS) is 13.5. The molecule has 0 radical (unpaired) electrons. The van der Waals surface area contributed by atoms with E-state index >= 15 is 0 Å². The second-order valence-electron chi connectivity index (χ2n) is 8.83. The van der Waals surface area contributed by atoms with Gasteiger partial charge in [-0.2, -0.15) is 0 Å². The van der Waals surface area contributed by atoms with Crippen LogP contribution in [0.25, 0.3) is 0 Å². The SMILES string of the molecule is CC(=O)OCC(=O)NCCCN(CCCOc1cccc(CN2CCCCC2)c1)C(=O)COC(C)=O. The van der Waals surface area contributed by atoms with Crippen molar-refractivity contribution in [2.45, 2.75) is 52.5 Å². The highest BCUT2D eigenvalue weighted by atomic mass is 16.5. The largest absolute Gasteiger partial charge is 0.494 e. The number of nitrogens with one attached hydrogen (secondary N) is 1. The molecular formula is C26H39N3O7. The predicted octanol–water partition coefficient (Wildman–Crippen LogP) is 1.90. The predicted molar refractivity (Wildman–Crippen MR) is 133 cm³/mol. The Morgan fingerprint density at radius 1 is 0.944 bits per heavy atom. The van der Waals surface area contributed by atoms with Gasteiger partial charge in [0, 0.05) is 40.0 Å². The fourth-order valence-electron chi connectivity index (χ4n) is 3.89. The van der Waals surface area contributed by atoms with Crippen molar-refractivity contribution in [1.82, 2.24) is 15.1 Å². The summed E-state index contributed by atoms with van der Waals surface area (Å²) >= 11 is 0. The number of hydrogen-bond donors (Lipinski definition) is 1. The lowest BCUT2D eigenvalue weighted by Gasteiger charge is -2.26. The van der Waals surface area contributed by atoms with Crippen molar-refractivity contribution in [2.24, 2.45) is 0 Å². The molecule has 1 saturated heterocycles. The topological polar surface area (TPSA) is 114 Å². The average Bonchev–Trinajstić information content (AvgIpc) is 2.85. The molecule has 1 N–H and O–H groups in total. The number of carbonyl (C=O) groups is 4. The van der Waals surface area contributed by atoms with Crippen LogP contribution in [0.3, 0.4) is 0 Å². The van der Waals surface area contributed by atoms with Crippen LogP contribution in [-0.2, 0) is 35.2 Å². The van der Waals surface area contributed by atoms with Crippen LogP contribution in [0.5, 0.6) is 5.75 Å². The van der Waals surface area contributed by atoms with Crippen LogP contribution in [0.2, 0.25) is 0 Å². The molecule has 0 saturated carbocycles. The average molecular weight is 506 g/mol. The molecule has 36 heavy (non-hydrogen) atoms. The van der Waals surface area contributed by atoms with E-state index in [-0.39, 0.29) is 19.1 Å². The Balaban J connectivity index is 1.76. The third-order valence-electron chi connectivity index (χ3n) is 5.68. The third-order valence-corrected chi connectivity index (χ3v) is 5.68. The summed E-state index contributed by atoms with van der Waals surface area (Å²) in [6.45, 7) is 6.58. The van der Waals surface area contributed by atoms with Crippen molar-refractivity contribution in [3.63, 3.8) is 0 Å². The fraction of sp³-hybridized carbons (Fsp3) is 0.615. The molecule has 10 nitrogen and oxygen atoms in total. The van der Waals surface area contributed by atoms with Gasteiger partial charge in [0.1, 0.15) is 5.75 Å². The molecule has 2 rings (SSSR count). The van der Waals surface area contributed by atoms with E-state index in [0.29, 0.717) is 39.1 Å². The van der Waals surface area contributed by atoms with E-state index in [4.69, 9.17) is 9.47 Å². The summed E-state index contributed by atoms with van der Waals surface area (Å²) in [5.41, 5.74) is 1.23. The van der Waals surface area contributed by atoms with E-state index in [1.165, 1.54) is 38.7 Å². The van der Waals surface area contributed by atoms with Gasteiger partial charge in [-0.1, -0.05) is 18.6 Å². The van der Waals surface area contributed by atoms with E-state index in [2.05, 4.69) is 27.1 Å². The quantitative estimate of drug-likeness (QED) is 0.284. The minimum Gasteiger partial charge on any atom is -0.494 e. The van der Waals surface area contributed by atoms with Gasteiger partial charge in [0.15, 0.2) is 13.2 Å². The molecule has 200 valence electrons. The van der Waals surface area contributed by atoms with Gasteiger partial charge in [0.2, 0.25) is 0 Å². The number of likely N-dealkylation sites (tertiary alicyclic amines) is 1. The van der Waals surface area contributed by atoms with Crippen molar-refractivity contribution >= 4 is 23.8 Å². The first kappa shape index (κ1) is 29.1. The van der Waals surface area contributed by atoms with Gasteiger partial charge in [-0.25, -0.2) is 0 Å². The molecule has 0 unspecified atom stereocenters. The van der Waals surface area contributed by atoms with Crippen LogP contribution in [0.1, 0.15) is 51.5 Å². The molecule has 1 aliphatic rings. The highest BCUT2D eigenvalue weighted by molar-refractivity contribution is 5.80. The molecule has 0 aromatic heterocycles. The number of benzene rings is 1. The Labute approximate surface area is 213 Å². The van der Waals surface area contributed by atoms with Crippen LogP contribution in [0, 0.1) is 0 Å². The van der Waals surface area contributed by atoms with Crippen LogP contribution >= 0.6 is 0 Å². The number of ether oxygens (including phenoxy) is 3. The second kappa shape index (κ2) is 16.5. The number of rotatable bonds is 15. The van der Waals surface area contributed by atoms with Crippen molar-refractivity contribution < 1.29 is 33.4 Å². The lowest BCUT2D eigenvalue weighted by molar-refractivity contribution is -0.150. The lowest BCUT2D eigenvalue weighted by Crippen LogP contribution is -2.38. The maximum Gasteiger partial charge on any atom is 0.303 e. The molecule has 1 aromatic carbocycles. The summed E-state index contributed by atoms with van der Waals surface area (Å²) in [5.74, 6) is -0.950. The van der Waals surface area contributed by atoms with Crippen LogP contribution < -0.4 is 10.1 Å². The van der Waals surface area contributed by atoms with E-state index < -0.39 is 17.8 Å². The number of piperidine rings is 1. The molecular weight excluding hydrogens is 466 g/mol. The summed E-state index contributed by atoms with van der Waals surface area (Å²) in [5, 5.41) is 2.64. The Bertz CT molecular complexity index is 856. The smallest absolute Gasteiger partial charge is 0.303 e. The molecule has 0 atom stereocenters. The van der Waals surface area contributed by atoms with Crippen molar-refractivity contribution in [3.05, 3.63) is 29.8 Å². The zero-order chi connectivity index (χ0) is 26.2. The molecule has 10 heteroatoms. The number of amides is 2. The fourth-order valence-corrected chi connectivity index (χ4v) is 3.89. The van der Waals surface area contributed by atoms with E-state index in [1.807, 2.05) is 12.1 Å². The monoisotopic (exact) mass is 505 g/mol. The Kier molecular flexibility index (Phi) is 13.3. The highest BCUT2D eigenvalue weighted by Gasteiger charge is 2.15. The molecule has 1 fully saturated rings. The summed E-state index contributed by atoms with van der Waals surface area (Å²) in [6.07, 6.45) is 4.91. The summed E-state index contributed by atoms with van der Waals surface area (Å²) in [6, 6.07) is 8.11. The summed E-state index contributed by atoms with van der Waals surface area (Å²) in [4.78, 5) is 50.1. The molecule has 1 aliphatic heterocycles. The molecule has 0 bridgehead atoms. The maximum atomic E-state index is 12.5. The van der Waals surface area contributed by atoms with Gasteiger partial charge in [0.05, 0.1) is 6.61 Å². The van der Waals surface area contributed by atoms with Crippen LogP contribution in [-0.4, -0.2) is 86.1 Å². The van der Waals surface area contributed by atoms with Crippen molar-refractivity contribution in [3.8, 4) is 5.75 Å². The number of hydrogen-bond acceptors (Lipinski definition) is 8. The molecule has 0 spiro atoms. The van der Waals surface area contributed by atoms with Crippen molar-refractivity contribution in [1.29, 1.82) is 0 Å². The molecule has 1 aromatic rings. The Morgan fingerprint density at radius 3 is 2.36 bits per heavy atom. The third kappa shape index (κ3) is 12.5. The zero-order valence-corrected chi connectivity index (χ0v) is 21.5. The standard InChI is InChI=1S/C26H39N3O7/c1-21(30)35-19-25(32)27-11-7-14-29(26(33)20-36-22(2)31)15-8-16-34-24-10-6-9-23(17-24)18-28-12-4-3-5-13-28/h6,9-10,17H,3-5,7-8,11-16,18-20H2,1-2H3,(H,27,32). The molecule has 1 heterocycles. The minimum absolute atomic E-state index is 0.306. The Hall–Kier alpha value is -3.14. The van der Waals surface area contributed by atoms with Gasteiger partial charge in [-0.3, -0.25) is 24.1 Å². The van der Waals surface area contributed by atoms with Gasteiger partial charge in [0.25, 0.3) is 11.8 Å². The van der Waals surface area contributed by atoms with Gasteiger partial charge >= 0.3 is 11.9 Å². The zero-order valence-electron chi connectivity index (χ0n) is 21.5. The van der Waals surface area contributed by atoms with Gasteiger partial charge in [-0.05, 0) is 56.5 Å². The van der Waals surface area contributed by atoms with Crippen molar-refractivity contribution in [2.75, 3.05) is 52.5 Å². The second-order valence-corrected chi connectivity index (χ2v) is 8.83. The first-order chi connectivity index (χ1) is 17.3. The number of esters is 2. The van der Waals surface area contributed by atoms with E-state index in [1.54, 1.807) is 4.90 Å². The van der Waals surface area contributed by atoms with Gasteiger partial charge < -0.3 is 24.4 Å². The summed E-state index contributed by atoms with van der Waals surface area (Å²) in [7, 11) is 0. The van der Waals surface area contributed by atoms with E-state index in [9.17, 15) is 19.2 Å². The molecule has 0 aliphatic carbocycles. The highest BCUT2D eigenvalue weighted by Crippen LogP contribution is 2.17. The van der Waals surface area contributed by atoms with Gasteiger partial charge in [-0.15, -0.1) is 0 Å². The van der Waals surface area contributed by atoms with Crippen LogP contribution in [0.4, 0.5) is 0 Å². The first-order valence-electron chi connectivity index (χ1n) is 12.6.